The van der Waals surface area contributed by atoms with Crippen LogP contribution in [0.15, 0.2) is 34.9 Å². The van der Waals surface area contributed by atoms with Crippen LogP contribution >= 0.6 is 11.6 Å². The molecule has 2 atom stereocenters. The number of amides is 2. The average molecular weight is 388 g/mol. The maximum Gasteiger partial charge on any atom is 0.228 e. The zero-order chi connectivity index (χ0) is 19.0. The molecule has 2 aliphatic rings. The molecule has 1 aromatic carbocycles. The normalized spacial score (nSPS) is 22.5. The average Bonchev–Trinajstić information content (AvgIpc) is 3.36. The van der Waals surface area contributed by atoms with Gasteiger partial charge in [-0.1, -0.05) is 35.0 Å². The first-order valence-electron chi connectivity index (χ1n) is 9.30. The van der Waals surface area contributed by atoms with Crippen LogP contribution in [0.5, 0.6) is 0 Å². The number of hydrogen-bond donors (Lipinski definition) is 1. The summed E-state index contributed by atoms with van der Waals surface area (Å²) < 4.78 is 4.96. The quantitative estimate of drug-likeness (QED) is 0.869. The third-order valence-electron chi connectivity index (χ3n) is 5.47. The van der Waals surface area contributed by atoms with Crippen LogP contribution in [0, 0.1) is 18.8 Å². The summed E-state index contributed by atoms with van der Waals surface area (Å²) in [5.41, 5.74) is 1.06. The number of carbonyl (C=O) groups excluding carboxylic acids is 2. The van der Waals surface area contributed by atoms with Gasteiger partial charge in [-0.3, -0.25) is 9.59 Å². The first kappa shape index (κ1) is 18.0. The van der Waals surface area contributed by atoms with Crippen LogP contribution in [-0.4, -0.2) is 35.0 Å². The van der Waals surface area contributed by atoms with Crippen molar-refractivity contribution in [3.8, 4) is 0 Å². The van der Waals surface area contributed by atoms with Gasteiger partial charge in [-0.2, -0.15) is 0 Å². The van der Waals surface area contributed by atoms with E-state index in [0.29, 0.717) is 37.5 Å². The Morgan fingerprint density at radius 3 is 2.67 bits per heavy atom. The lowest BCUT2D eigenvalue weighted by Gasteiger charge is -2.31. The Kier molecular flexibility index (Phi) is 4.91. The standard InChI is InChI=1S/C20H22ClN3O3/c1-12-10-18(23-27-12)22-19(25)13-6-8-24(9-7-13)20(26)16-11-15(16)14-4-2-3-5-17(14)21/h2-5,10,13,15-16H,6-9,11H2,1H3,(H,22,23,25). The maximum absolute atomic E-state index is 12.8. The minimum absolute atomic E-state index is 0.0217. The van der Waals surface area contributed by atoms with Gasteiger partial charge in [0.25, 0.3) is 0 Å². The van der Waals surface area contributed by atoms with Crippen molar-refractivity contribution < 1.29 is 14.1 Å². The Balaban J connectivity index is 1.29. The number of likely N-dealkylation sites (tertiary alicyclic amines) is 1. The molecule has 2 amide bonds. The summed E-state index contributed by atoms with van der Waals surface area (Å²) in [6.45, 7) is 3.00. The van der Waals surface area contributed by atoms with E-state index in [1.54, 1.807) is 13.0 Å². The molecular weight excluding hydrogens is 366 g/mol. The number of piperidine rings is 1. The van der Waals surface area contributed by atoms with E-state index in [4.69, 9.17) is 16.1 Å². The molecule has 7 heteroatoms. The molecule has 1 saturated carbocycles. The number of nitrogens with one attached hydrogen (secondary N) is 1. The van der Waals surface area contributed by atoms with E-state index in [1.807, 2.05) is 29.2 Å². The van der Waals surface area contributed by atoms with Crippen LogP contribution in [-0.2, 0) is 9.59 Å². The van der Waals surface area contributed by atoms with E-state index in [0.717, 1.165) is 17.0 Å². The molecule has 6 nitrogen and oxygen atoms in total. The minimum Gasteiger partial charge on any atom is -0.360 e. The van der Waals surface area contributed by atoms with Crippen LogP contribution < -0.4 is 5.32 Å². The van der Waals surface area contributed by atoms with Gasteiger partial charge < -0.3 is 14.7 Å². The van der Waals surface area contributed by atoms with Crippen molar-refractivity contribution in [3.63, 3.8) is 0 Å². The molecule has 27 heavy (non-hydrogen) atoms. The van der Waals surface area contributed by atoms with Crippen LogP contribution in [0.3, 0.4) is 0 Å². The molecule has 1 saturated heterocycles. The zero-order valence-corrected chi connectivity index (χ0v) is 15.9. The number of anilines is 1. The van der Waals surface area contributed by atoms with Gasteiger partial charge in [-0.05, 0) is 43.7 Å². The van der Waals surface area contributed by atoms with Crippen LogP contribution in [0.25, 0.3) is 0 Å². The number of halogens is 1. The second-order valence-electron chi connectivity index (χ2n) is 7.38. The highest BCUT2D eigenvalue weighted by Crippen LogP contribution is 2.50. The van der Waals surface area contributed by atoms with E-state index in [-0.39, 0.29) is 29.6 Å². The van der Waals surface area contributed by atoms with Crippen molar-refractivity contribution in [1.82, 2.24) is 10.1 Å². The highest BCUT2D eigenvalue weighted by molar-refractivity contribution is 6.31. The summed E-state index contributed by atoms with van der Waals surface area (Å²) in [4.78, 5) is 27.0. The van der Waals surface area contributed by atoms with Crippen LogP contribution in [0.2, 0.25) is 5.02 Å². The Hall–Kier alpha value is -2.34. The smallest absolute Gasteiger partial charge is 0.228 e. The van der Waals surface area contributed by atoms with Crippen molar-refractivity contribution in [2.45, 2.75) is 32.1 Å². The molecule has 2 aromatic rings. The van der Waals surface area contributed by atoms with Crippen molar-refractivity contribution in [2.24, 2.45) is 11.8 Å². The molecule has 1 aromatic heterocycles. The largest absolute Gasteiger partial charge is 0.360 e. The Morgan fingerprint density at radius 2 is 2.00 bits per heavy atom. The summed E-state index contributed by atoms with van der Waals surface area (Å²) in [5.74, 6) is 1.36. The molecular formula is C20H22ClN3O3. The van der Waals surface area contributed by atoms with Crippen LogP contribution in [0.4, 0.5) is 5.82 Å². The lowest BCUT2D eigenvalue weighted by molar-refractivity contribution is -0.135. The summed E-state index contributed by atoms with van der Waals surface area (Å²) in [5, 5.41) is 7.30. The van der Waals surface area contributed by atoms with Crippen molar-refractivity contribution in [1.29, 1.82) is 0 Å². The molecule has 142 valence electrons. The zero-order valence-electron chi connectivity index (χ0n) is 15.2. The summed E-state index contributed by atoms with van der Waals surface area (Å²) in [6.07, 6.45) is 2.18. The third-order valence-corrected chi connectivity index (χ3v) is 5.81. The van der Waals surface area contributed by atoms with Crippen molar-refractivity contribution in [2.75, 3.05) is 18.4 Å². The lowest BCUT2D eigenvalue weighted by Crippen LogP contribution is -2.42. The molecule has 2 heterocycles. The number of hydrogen-bond acceptors (Lipinski definition) is 4. The SMILES string of the molecule is Cc1cc(NC(=O)C2CCN(C(=O)C3CC3c3ccccc3Cl)CC2)no1. The molecule has 4 rings (SSSR count). The summed E-state index contributed by atoms with van der Waals surface area (Å²) in [7, 11) is 0. The van der Waals surface area contributed by atoms with E-state index in [1.165, 1.54) is 0 Å². The first-order valence-corrected chi connectivity index (χ1v) is 9.68. The summed E-state index contributed by atoms with van der Waals surface area (Å²) in [6, 6.07) is 9.43. The first-order chi connectivity index (χ1) is 13.0. The fourth-order valence-electron chi connectivity index (χ4n) is 3.84. The van der Waals surface area contributed by atoms with E-state index in [2.05, 4.69) is 10.5 Å². The summed E-state index contributed by atoms with van der Waals surface area (Å²) >= 11 is 6.26. The Labute approximate surface area is 162 Å². The maximum atomic E-state index is 12.8. The predicted octanol–water partition coefficient (Wildman–Crippen LogP) is 3.62. The number of benzene rings is 1. The number of rotatable bonds is 4. The second-order valence-corrected chi connectivity index (χ2v) is 7.79. The van der Waals surface area contributed by atoms with E-state index < -0.39 is 0 Å². The monoisotopic (exact) mass is 387 g/mol. The van der Waals surface area contributed by atoms with Gasteiger partial charge in [-0.25, -0.2) is 0 Å². The fraction of sp³-hybridized carbons (Fsp3) is 0.450. The number of carbonyl (C=O) groups is 2. The fourth-order valence-corrected chi connectivity index (χ4v) is 4.11. The van der Waals surface area contributed by atoms with Crippen molar-refractivity contribution in [3.05, 3.63) is 46.7 Å². The molecule has 1 aliphatic heterocycles. The van der Waals surface area contributed by atoms with Gasteiger partial charge in [0.15, 0.2) is 5.82 Å². The van der Waals surface area contributed by atoms with Crippen LogP contribution in [0.1, 0.15) is 36.5 Å². The molecule has 1 N–H and O–H groups in total. The van der Waals surface area contributed by atoms with Gasteiger partial charge in [0.1, 0.15) is 5.76 Å². The molecule has 2 fully saturated rings. The molecule has 2 unspecified atom stereocenters. The van der Waals surface area contributed by atoms with E-state index >= 15 is 0 Å². The number of nitrogens with zero attached hydrogens (tertiary/aromatic N) is 2. The second kappa shape index (κ2) is 7.35. The van der Waals surface area contributed by atoms with Gasteiger partial charge in [0, 0.05) is 36.0 Å². The van der Waals surface area contributed by atoms with Crippen molar-refractivity contribution >= 4 is 29.2 Å². The lowest BCUT2D eigenvalue weighted by atomic mass is 9.95. The minimum atomic E-state index is -0.107. The van der Waals surface area contributed by atoms with Gasteiger partial charge in [0.05, 0.1) is 0 Å². The topological polar surface area (TPSA) is 75.4 Å². The highest BCUT2D eigenvalue weighted by atomic mass is 35.5. The predicted molar refractivity (Wildman–Crippen MR) is 101 cm³/mol. The number of aryl methyl sites for hydroxylation is 1. The molecule has 0 bridgehead atoms. The highest BCUT2D eigenvalue weighted by Gasteiger charge is 2.47. The molecule has 0 radical (unpaired) electrons. The Bertz CT molecular complexity index is 858. The van der Waals surface area contributed by atoms with Gasteiger partial charge >= 0.3 is 0 Å². The number of aromatic nitrogens is 1. The van der Waals surface area contributed by atoms with E-state index in [9.17, 15) is 9.59 Å². The molecule has 1 aliphatic carbocycles. The third kappa shape index (κ3) is 3.86. The molecule has 0 spiro atoms. The van der Waals surface area contributed by atoms with Gasteiger partial charge in [0.2, 0.25) is 11.8 Å². The van der Waals surface area contributed by atoms with Gasteiger partial charge in [-0.15, -0.1) is 0 Å². The Morgan fingerprint density at radius 1 is 1.26 bits per heavy atom.